The number of hydrogen-bond donors (Lipinski definition) is 1. The van der Waals surface area contributed by atoms with Crippen LogP contribution in [0.3, 0.4) is 0 Å². The fraction of sp³-hybridized carbons (Fsp3) is 0.100. The highest BCUT2D eigenvalue weighted by Crippen LogP contribution is 2.20. The van der Waals surface area contributed by atoms with Gasteiger partial charge in [-0.1, -0.05) is 48.5 Å². The first kappa shape index (κ1) is 14.5. The van der Waals surface area contributed by atoms with E-state index in [-0.39, 0.29) is 0 Å². The smallest absolute Gasteiger partial charge is 0.207 e. The van der Waals surface area contributed by atoms with Gasteiger partial charge < -0.3 is 9.88 Å². The molecule has 0 aliphatic rings. The van der Waals surface area contributed by atoms with Crippen molar-refractivity contribution in [3.63, 3.8) is 0 Å². The summed E-state index contributed by atoms with van der Waals surface area (Å²) in [6.45, 7) is 1.15. The molecule has 0 fully saturated rings. The summed E-state index contributed by atoms with van der Waals surface area (Å²) in [7, 11) is 0. The van der Waals surface area contributed by atoms with Crippen molar-refractivity contribution in [2.75, 3.05) is 0 Å². The molecule has 24 heavy (non-hydrogen) atoms. The van der Waals surface area contributed by atoms with E-state index in [0.29, 0.717) is 13.0 Å². The molecule has 0 aliphatic carbocycles. The van der Waals surface area contributed by atoms with Gasteiger partial charge >= 0.3 is 0 Å². The van der Waals surface area contributed by atoms with Gasteiger partial charge in [0.05, 0.1) is 17.6 Å². The Kier molecular flexibility index (Phi) is 3.71. The molecule has 0 saturated carbocycles. The lowest BCUT2D eigenvalue weighted by Gasteiger charge is -2.10. The second-order valence-corrected chi connectivity index (χ2v) is 5.78. The molecule has 118 valence electrons. The van der Waals surface area contributed by atoms with Gasteiger partial charge in [-0.15, -0.1) is 0 Å². The van der Waals surface area contributed by atoms with Crippen molar-refractivity contribution < 1.29 is 4.79 Å². The maximum Gasteiger partial charge on any atom is 0.207 e. The second-order valence-electron chi connectivity index (χ2n) is 5.78. The molecule has 0 spiro atoms. The standard InChI is InChI=1S/C20H17N3O/c24-14-21-12-20-22-18-7-3-4-8-19(18)23(20)13-15-9-10-16-5-1-2-6-17(16)11-15/h1-11,14H,12-13H2,(H,21,24). The fourth-order valence-corrected chi connectivity index (χ4v) is 3.09. The van der Waals surface area contributed by atoms with E-state index in [1.54, 1.807) is 0 Å². The van der Waals surface area contributed by atoms with Crippen molar-refractivity contribution in [3.05, 3.63) is 78.1 Å². The first-order valence-electron chi connectivity index (χ1n) is 7.94. The van der Waals surface area contributed by atoms with Gasteiger partial charge in [-0.2, -0.15) is 0 Å². The van der Waals surface area contributed by atoms with Crippen LogP contribution in [0, 0.1) is 0 Å². The number of aromatic nitrogens is 2. The largest absolute Gasteiger partial charge is 0.351 e. The Morgan fingerprint density at radius 2 is 1.75 bits per heavy atom. The van der Waals surface area contributed by atoms with E-state index in [2.05, 4.69) is 63.4 Å². The molecule has 1 aromatic heterocycles. The molecule has 3 aromatic carbocycles. The number of hydrogen-bond acceptors (Lipinski definition) is 2. The van der Waals surface area contributed by atoms with Crippen molar-refractivity contribution >= 4 is 28.2 Å². The Hall–Kier alpha value is -3.14. The summed E-state index contributed by atoms with van der Waals surface area (Å²) < 4.78 is 2.16. The van der Waals surface area contributed by atoms with E-state index in [1.807, 2.05) is 18.2 Å². The SMILES string of the molecule is O=CNCc1nc2ccccc2n1Cc1ccc2ccccc2c1. The minimum absolute atomic E-state index is 0.422. The fourth-order valence-electron chi connectivity index (χ4n) is 3.09. The number of fused-ring (bicyclic) bond motifs is 2. The molecule has 0 radical (unpaired) electrons. The number of carbonyl (C=O) groups is 1. The summed E-state index contributed by atoms with van der Waals surface area (Å²) in [5.41, 5.74) is 3.23. The van der Waals surface area contributed by atoms with Crippen LogP contribution in [0.15, 0.2) is 66.7 Å². The first-order valence-corrected chi connectivity index (χ1v) is 7.94. The van der Waals surface area contributed by atoms with E-state index >= 15 is 0 Å². The third-order valence-corrected chi connectivity index (χ3v) is 4.23. The van der Waals surface area contributed by atoms with Gasteiger partial charge in [0.1, 0.15) is 5.82 Å². The number of para-hydroxylation sites is 2. The zero-order valence-corrected chi connectivity index (χ0v) is 13.1. The maximum atomic E-state index is 10.7. The van der Waals surface area contributed by atoms with Crippen LogP contribution in [0.4, 0.5) is 0 Å². The van der Waals surface area contributed by atoms with Gasteiger partial charge in [-0.3, -0.25) is 4.79 Å². The average Bonchev–Trinajstić information content (AvgIpc) is 2.97. The van der Waals surface area contributed by atoms with Crippen molar-refractivity contribution in [1.29, 1.82) is 0 Å². The van der Waals surface area contributed by atoms with E-state index in [1.165, 1.54) is 16.3 Å². The van der Waals surface area contributed by atoms with Crippen molar-refractivity contribution in [1.82, 2.24) is 14.9 Å². The minimum Gasteiger partial charge on any atom is -0.351 e. The predicted molar refractivity (Wildman–Crippen MR) is 95.7 cm³/mol. The molecule has 1 N–H and O–H groups in total. The van der Waals surface area contributed by atoms with Gasteiger partial charge in [0.15, 0.2) is 0 Å². The number of nitrogens with zero attached hydrogens (tertiary/aromatic N) is 2. The normalized spacial score (nSPS) is 11.0. The number of imidazole rings is 1. The van der Waals surface area contributed by atoms with Gasteiger partial charge in [0.2, 0.25) is 6.41 Å². The molecule has 0 atom stereocenters. The first-order chi connectivity index (χ1) is 11.8. The third-order valence-electron chi connectivity index (χ3n) is 4.23. The molecule has 1 amide bonds. The molecule has 0 bridgehead atoms. The molecule has 0 aliphatic heterocycles. The average molecular weight is 315 g/mol. The molecule has 0 saturated heterocycles. The Morgan fingerprint density at radius 1 is 0.958 bits per heavy atom. The number of nitrogens with one attached hydrogen (secondary N) is 1. The summed E-state index contributed by atoms with van der Waals surface area (Å²) in [5.74, 6) is 0.858. The van der Waals surface area contributed by atoms with Gasteiger partial charge in [-0.25, -0.2) is 4.98 Å². The van der Waals surface area contributed by atoms with Crippen LogP contribution in [-0.2, 0) is 17.9 Å². The predicted octanol–water partition coefficient (Wildman–Crippen LogP) is 3.48. The monoisotopic (exact) mass is 315 g/mol. The number of benzene rings is 3. The summed E-state index contributed by atoms with van der Waals surface area (Å²) in [6.07, 6.45) is 0.708. The molecule has 1 heterocycles. The van der Waals surface area contributed by atoms with Gasteiger partial charge in [-0.05, 0) is 34.5 Å². The summed E-state index contributed by atoms with van der Waals surface area (Å²) in [6, 6.07) is 22.9. The quantitative estimate of drug-likeness (QED) is 0.573. The maximum absolute atomic E-state index is 10.7. The Bertz CT molecular complexity index is 1020. The lowest BCUT2D eigenvalue weighted by Crippen LogP contribution is -2.15. The molecule has 4 nitrogen and oxygen atoms in total. The highest BCUT2D eigenvalue weighted by atomic mass is 16.1. The van der Waals surface area contributed by atoms with Crippen molar-refractivity contribution in [3.8, 4) is 0 Å². The van der Waals surface area contributed by atoms with Crippen LogP contribution in [0.5, 0.6) is 0 Å². The van der Waals surface area contributed by atoms with Gasteiger partial charge in [0.25, 0.3) is 0 Å². The Labute approximate surface area is 139 Å². The third kappa shape index (κ3) is 2.63. The van der Waals surface area contributed by atoms with Crippen LogP contribution in [0.1, 0.15) is 11.4 Å². The molecular weight excluding hydrogens is 298 g/mol. The van der Waals surface area contributed by atoms with Crippen molar-refractivity contribution in [2.24, 2.45) is 0 Å². The van der Waals surface area contributed by atoms with Crippen molar-refractivity contribution in [2.45, 2.75) is 13.1 Å². The van der Waals surface area contributed by atoms with Crippen LogP contribution in [0.25, 0.3) is 21.8 Å². The van der Waals surface area contributed by atoms with E-state index in [9.17, 15) is 4.79 Å². The highest BCUT2D eigenvalue weighted by Gasteiger charge is 2.10. The summed E-state index contributed by atoms with van der Waals surface area (Å²) in [5, 5.41) is 5.18. The number of amides is 1. The highest BCUT2D eigenvalue weighted by molar-refractivity contribution is 5.83. The topological polar surface area (TPSA) is 46.9 Å². The lowest BCUT2D eigenvalue weighted by molar-refractivity contribution is -0.109. The summed E-state index contributed by atoms with van der Waals surface area (Å²) in [4.78, 5) is 15.3. The zero-order chi connectivity index (χ0) is 16.4. The molecule has 0 unspecified atom stereocenters. The van der Waals surface area contributed by atoms with E-state index < -0.39 is 0 Å². The molecule has 4 aromatic rings. The van der Waals surface area contributed by atoms with Crippen LogP contribution in [-0.4, -0.2) is 16.0 Å². The minimum atomic E-state index is 0.422. The molecule has 4 heteroatoms. The van der Waals surface area contributed by atoms with Gasteiger partial charge in [0, 0.05) is 6.54 Å². The Balaban J connectivity index is 1.77. The summed E-state index contributed by atoms with van der Waals surface area (Å²) >= 11 is 0. The van der Waals surface area contributed by atoms with E-state index in [4.69, 9.17) is 0 Å². The number of carbonyl (C=O) groups excluding carboxylic acids is 1. The molecular formula is C20H17N3O. The van der Waals surface area contributed by atoms with Crippen LogP contribution >= 0.6 is 0 Å². The Morgan fingerprint density at radius 3 is 2.62 bits per heavy atom. The van der Waals surface area contributed by atoms with Crippen LogP contribution < -0.4 is 5.32 Å². The second kappa shape index (κ2) is 6.16. The zero-order valence-electron chi connectivity index (χ0n) is 13.1. The number of rotatable bonds is 5. The van der Waals surface area contributed by atoms with Crippen LogP contribution in [0.2, 0.25) is 0 Å². The molecule has 4 rings (SSSR count). The van der Waals surface area contributed by atoms with E-state index in [0.717, 1.165) is 23.4 Å². The lowest BCUT2D eigenvalue weighted by atomic mass is 10.1.